The van der Waals surface area contributed by atoms with Gasteiger partial charge in [0.15, 0.2) is 0 Å². The first-order chi connectivity index (χ1) is 10.1. The lowest BCUT2D eigenvalue weighted by Gasteiger charge is -2.17. The molecule has 0 aromatic heterocycles. The Balaban J connectivity index is 1.88. The number of thioether (sulfide) groups is 1. The molecule has 2 rings (SSSR count). The summed E-state index contributed by atoms with van der Waals surface area (Å²) in [5, 5.41) is 9.68. The molecule has 0 spiro atoms. The molecule has 0 saturated heterocycles. The summed E-state index contributed by atoms with van der Waals surface area (Å²) in [5.74, 6) is 0.584. The Morgan fingerprint density at radius 1 is 1.14 bits per heavy atom. The predicted octanol–water partition coefficient (Wildman–Crippen LogP) is 3.45. The van der Waals surface area contributed by atoms with Crippen LogP contribution in [0.15, 0.2) is 53.4 Å². The summed E-state index contributed by atoms with van der Waals surface area (Å²) in [6, 6.07) is 15.2. The van der Waals surface area contributed by atoms with E-state index in [0.717, 1.165) is 10.5 Å². The summed E-state index contributed by atoms with van der Waals surface area (Å²) < 4.78 is 0. The van der Waals surface area contributed by atoms with Crippen molar-refractivity contribution in [3.63, 3.8) is 0 Å². The maximum Gasteiger partial charge on any atom is 0.232 e. The number of benzene rings is 2. The molecular weight excluding hydrogens is 282 g/mol. The van der Waals surface area contributed by atoms with E-state index in [1.807, 2.05) is 43.3 Å². The topological polar surface area (TPSA) is 40.5 Å². The van der Waals surface area contributed by atoms with Crippen molar-refractivity contribution in [3.8, 4) is 5.75 Å². The molecule has 0 aliphatic heterocycles. The van der Waals surface area contributed by atoms with Crippen molar-refractivity contribution < 1.29 is 9.90 Å². The summed E-state index contributed by atoms with van der Waals surface area (Å²) in [5.41, 5.74) is 2.33. The van der Waals surface area contributed by atoms with Gasteiger partial charge in [-0.05, 0) is 24.6 Å². The molecule has 110 valence electrons. The molecule has 1 N–H and O–H groups in total. The molecule has 0 aliphatic rings. The molecule has 0 heterocycles. The number of phenols is 1. The third-order valence-electron chi connectivity index (χ3n) is 3.18. The molecule has 2 aromatic rings. The lowest BCUT2D eigenvalue weighted by molar-refractivity contribution is -0.127. The average molecular weight is 301 g/mol. The van der Waals surface area contributed by atoms with E-state index in [0.29, 0.717) is 12.3 Å². The number of nitrogens with zero attached hydrogens (tertiary/aromatic N) is 1. The lowest BCUT2D eigenvalue weighted by atomic mass is 10.1. The maximum absolute atomic E-state index is 12.1. The van der Waals surface area contributed by atoms with E-state index in [1.165, 1.54) is 17.3 Å². The van der Waals surface area contributed by atoms with Gasteiger partial charge in [-0.25, -0.2) is 0 Å². The molecule has 0 saturated carbocycles. The fourth-order valence-electron chi connectivity index (χ4n) is 1.88. The van der Waals surface area contributed by atoms with E-state index in [9.17, 15) is 9.90 Å². The highest BCUT2D eigenvalue weighted by Crippen LogP contribution is 2.27. The van der Waals surface area contributed by atoms with Crippen molar-refractivity contribution >= 4 is 17.7 Å². The zero-order valence-corrected chi connectivity index (χ0v) is 13.1. The predicted molar refractivity (Wildman–Crippen MR) is 86.5 cm³/mol. The SMILES string of the molecule is Cc1ccc(CN(C)C(=O)CSc2ccccc2O)cc1. The molecule has 21 heavy (non-hydrogen) atoms. The van der Waals surface area contributed by atoms with Crippen molar-refractivity contribution in [1.29, 1.82) is 0 Å². The van der Waals surface area contributed by atoms with Crippen molar-refractivity contribution in [2.75, 3.05) is 12.8 Å². The molecule has 1 amide bonds. The number of hydrogen-bond donors (Lipinski definition) is 1. The third kappa shape index (κ3) is 4.53. The monoisotopic (exact) mass is 301 g/mol. The van der Waals surface area contributed by atoms with Crippen LogP contribution >= 0.6 is 11.8 Å². The second-order valence-corrected chi connectivity index (χ2v) is 6.01. The molecule has 0 atom stereocenters. The Labute approximate surface area is 129 Å². The number of rotatable bonds is 5. The Hall–Kier alpha value is -1.94. The Bertz CT molecular complexity index is 610. The Kier molecular flexibility index (Phi) is 5.28. The van der Waals surface area contributed by atoms with Crippen LogP contribution in [-0.4, -0.2) is 28.7 Å². The van der Waals surface area contributed by atoms with Crippen LogP contribution in [0.25, 0.3) is 0 Å². The minimum Gasteiger partial charge on any atom is -0.507 e. The number of aryl methyl sites for hydroxylation is 1. The molecule has 0 fully saturated rings. The number of phenolic OH excluding ortho intramolecular Hbond substituents is 1. The summed E-state index contributed by atoms with van der Waals surface area (Å²) in [6.07, 6.45) is 0. The first-order valence-electron chi connectivity index (χ1n) is 6.76. The molecule has 0 unspecified atom stereocenters. The number of carbonyl (C=O) groups is 1. The first kappa shape index (κ1) is 15.4. The number of carbonyl (C=O) groups excluding carboxylic acids is 1. The highest BCUT2D eigenvalue weighted by Gasteiger charge is 2.11. The van der Waals surface area contributed by atoms with Crippen LogP contribution in [0.4, 0.5) is 0 Å². The van der Waals surface area contributed by atoms with E-state index in [-0.39, 0.29) is 11.7 Å². The van der Waals surface area contributed by atoms with Crippen molar-refractivity contribution in [2.45, 2.75) is 18.4 Å². The van der Waals surface area contributed by atoms with E-state index < -0.39 is 0 Å². The number of para-hydroxylation sites is 1. The molecule has 2 aromatic carbocycles. The van der Waals surface area contributed by atoms with E-state index in [2.05, 4.69) is 0 Å². The van der Waals surface area contributed by atoms with Gasteiger partial charge in [-0.2, -0.15) is 0 Å². The smallest absolute Gasteiger partial charge is 0.232 e. The van der Waals surface area contributed by atoms with Crippen LogP contribution in [0.2, 0.25) is 0 Å². The summed E-state index contributed by atoms with van der Waals surface area (Å²) in [7, 11) is 1.80. The second-order valence-electron chi connectivity index (χ2n) is 4.99. The van der Waals surface area contributed by atoms with Gasteiger partial charge in [0.2, 0.25) is 5.91 Å². The van der Waals surface area contributed by atoms with Crippen LogP contribution in [0.1, 0.15) is 11.1 Å². The molecule has 0 radical (unpaired) electrons. The highest BCUT2D eigenvalue weighted by molar-refractivity contribution is 8.00. The van der Waals surface area contributed by atoms with Crippen LogP contribution < -0.4 is 0 Å². The maximum atomic E-state index is 12.1. The van der Waals surface area contributed by atoms with Crippen LogP contribution in [0, 0.1) is 6.92 Å². The van der Waals surface area contributed by atoms with Gasteiger partial charge in [0, 0.05) is 18.5 Å². The first-order valence-corrected chi connectivity index (χ1v) is 7.75. The van der Waals surface area contributed by atoms with Gasteiger partial charge in [0.25, 0.3) is 0 Å². The van der Waals surface area contributed by atoms with E-state index in [4.69, 9.17) is 0 Å². The quantitative estimate of drug-likeness (QED) is 0.860. The zero-order valence-electron chi connectivity index (χ0n) is 12.2. The van der Waals surface area contributed by atoms with Crippen molar-refractivity contribution in [2.24, 2.45) is 0 Å². The standard InChI is InChI=1S/C17H19NO2S/c1-13-7-9-14(10-8-13)11-18(2)17(20)12-21-16-6-4-3-5-15(16)19/h3-10,19H,11-12H2,1-2H3. The van der Waals surface area contributed by atoms with Crippen LogP contribution in [0.5, 0.6) is 5.75 Å². The average Bonchev–Trinajstić information content (AvgIpc) is 2.48. The van der Waals surface area contributed by atoms with Gasteiger partial charge in [0.1, 0.15) is 5.75 Å². The minimum atomic E-state index is 0.0452. The number of aromatic hydroxyl groups is 1. The van der Waals surface area contributed by atoms with Gasteiger partial charge in [0.05, 0.1) is 5.75 Å². The van der Waals surface area contributed by atoms with E-state index >= 15 is 0 Å². The van der Waals surface area contributed by atoms with Crippen LogP contribution in [-0.2, 0) is 11.3 Å². The third-order valence-corrected chi connectivity index (χ3v) is 4.23. The molecular formula is C17H19NO2S. The fourth-order valence-corrected chi connectivity index (χ4v) is 2.77. The van der Waals surface area contributed by atoms with Crippen molar-refractivity contribution in [3.05, 3.63) is 59.7 Å². The van der Waals surface area contributed by atoms with Crippen LogP contribution in [0.3, 0.4) is 0 Å². The largest absolute Gasteiger partial charge is 0.507 e. The fraction of sp³-hybridized carbons (Fsp3) is 0.235. The molecule has 0 aliphatic carbocycles. The summed E-state index contributed by atoms with van der Waals surface area (Å²) >= 11 is 1.36. The van der Waals surface area contributed by atoms with Gasteiger partial charge >= 0.3 is 0 Å². The Morgan fingerprint density at radius 2 is 1.81 bits per heavy atom. The zero-order chi connectivity index (χ0) is 15.2. The number of hydrogen-bond acceptors (Lipinski definition) is 3. The second kappa shape index (κ2) is 7.18. The normalized spacial score (nSPS) is 10.4. The van der Waals surface area contributed by atoms with E-state index in [1.54, 1.807) is 24.1 Å². The minimum absolute atomic E-state index is 0.0452. The van der Waals surface area contributed by atoms with Gasteiger partial charge in [-0.1, -0.05) is 42.0 Å². The lowest BCUT2D eigenvalue weighted by Crippen LogP contribution is -2.27. The van der Waals surface area contributed by atoms with Crippen molar-refractivity contribution in [1.82, 2.24) is 4.90 Å². The Morgan fingerprint density at radius 3 is 2.48 bits per heavy atom. The van der Waals surface area contributed by atoms with Gasteiger partial charge in [-0.3, -0.25) is 4.79 Å². The number of amides is 1. The van der Waals surface area contributed by atoms with Gasteiger partial charge in [-0.15, -0.1) is 11.8 Å². The molecule has 3 nitrogen and oxygen atoms in total. The highest BCUT2D eigenvalue weighted by atomic mass is 32.2. The summed E-state index contributed by atoms with van der Waals surface area (Å²) in [4.78, 5) is 14.6. The summed E-state index contributed by atoms with van der Waals surface area (Å²) in [6.45, 7) is 2.64. The van der Waals surface area contributed by atoms with Gasteiger partial charge < -0.3 is 10.0 Å². The molecule has 0 bridgehead atoms. The molecule has 4 heteroatoms.